The Balaban J connectivity index is 2.87. The van der Waals surface area contributed by atoms with Crippen molar-refractivity contribution in [3.63, 3.8) is 0 Å². The van der Waals surface area contributed by atoms with E-state index in [4.69, 9.17) is 5.11 Å². The van der Waals surface area contributed by atoms with E-state index in [1.54, 1.807) is 25.1 Å². The minimum absolute atomic E-state index is 0.0621. The number of anilines is 1. The van der Waals surface area contributed by atoms with Crippen LogP contribution >= 0.6 is 0 Å². The average Bonchev–Trinajstić information content (AvgIpc) is 2.25. The van der Waals surface area contributed by atoms with Crippen LogP contribution in [0.15, 0.2) is 18.2 Å². The number of aryl methyl sites for hydroxylation is 1. The van der Waals surface area contributed by atoms with Crippen LogP contribution in [0.25, 0.3) is 0 Å². The van der Waals surface area contributed by atoms with Gasteiger partial charge in [-0.2, -0.15) is 0 Å². The van der Waals surface area contributed by atoms with Gasteiger partial charge in [0, 0.05) is 18.7 Å². The molecule has 5 heteroatoms. The van der Waals surface area contributed by atoms with Crippen molar-refractivity contribution in [2.24, 2.45) is 5.92 Å². The molecule has 0 radical (unpaired) electrons. The van der Waals surface area contributed by atoms with Crippen LogP contribution in [0.4, 0.5) is 11.4 Å². The van der Waals surface area contributed by atoms with Crippen LogP contribution in [0.3, 0.4) is 0 Å². The summed E-state index contributed by atoms with van der Waals surface area (Å²) in [4.78, 5) is 10.5. The summed E-state index contributed by atoms with van der Waals surface area (Å²) in [7, 11) is 0. The van der Waals surface area contributed by atoms with Gasteiger partial charge in [0.15, 0.2) is 0 Å². The fourth-order valence-corrected chi connectivity index (χ4v) is 1.39. The Kier molecular flexibility index (Phi) is 4.25. The molecule has 88 valence electrons. The molecule has 0 aliphatic carbocycles. The van der Waals surface area contributed by atoms with E-state index in [1.807, 2.05) is 6.92 Å². The summed E-state index contributed by atoms with van der Waals surface area (Å²) in [5, 5.41) is 22.7. The number of nitro benzene ring substituents is 1. The summed E-state index contributed by atoms with van der Waals surface area (Å²) in [6.07, 6.45) is 0. The van der Waals surface area contributed by atoms with Crippen molar-refractivity contribution < 1.29 is 10.0 Å². The van der Waals surface area contributed by atoms with Gasteiger partial charge in [-0.15, -0.1) is 0 Å². The number of benzene rings is 1. The lowest BCUT2D eigenvalue weighted by molar-refractivity contribution is -0.384. The first-order chi connectivity index (χ1) is 7.56. The summed E-state index contributed by atoms with van der Waals surface area (Å²) in [6.45, 7) is 4.15. The van der Waals surface area contributed by atoms with Gasteiger partial charge in [0.2, 0.25) is 0 Å². The number of nitro groups is 1. The second-order valence-corrected chi connectivity index (χ2v) is 3.90. The first kappa shape index (κ1) is 12.4. The third-order valence-electron chi connectivity index (χ3n) is 2.37. The molecule has 0 aromatic heterocycles. The molecular formula is C11H16N2O3. The molecule has 1 unspecified atom stereocenters. The van der Waals surface area contributed by atoms with Gasteiger partial charge in [0.25, 0.3) is 5.69 Å². The smallest absolute Gasteiger partial charge is 0.295 e. The normalized spacial score (nSPS) is 12.2. The number of nitrogens with one attached hydrogen (secondary N) is 1. The third kappa shape index (κ3) is 2.93. The molecule has 0 amide bonds. The van der Waals surface area contributed by atoms with Gasteiger partial charge in [-0.25, -0.2) is 0 Å². The molecule has 0 aliphatic heterocycles. The first-order valence-corrected chi connectivity index (χ1v) is 5.15. The van der Waals surface area contributed by atoms with E-state index < -0.39 is 0 Å². The highest BCUT2D eigenvalue weighted by Crippen LogP contribution is 2.27. The quantitative estimate of drug-likeness (QED) is 0.592. The highest BCUT2D eigenvalue weighted by atomic mass is 16.6. The van der Waals surface area contributed by atoms with Crippen molar-refractivity contribution in [2.45, 2.75) is 13.8 Å². The van der Waals surface area contributed by atoms with Crippen molar-refractivity contribution in [1.82, 2.24) is 0 Å². The third-order valence-corrected chi connectivity index (χ3v) is 2.37. The number of hydrogen-bond donors (Lipinski definition) is 2. The predicted octanol–water partition coefficient (Wildman–Crippen LogP) is 1.94. The molecule has 0 spiro atoms. The summed E-state index contributed by atoms with van der Waals surface area (Å²) in [5.74, 6) is 0.0696. The van der Waals surface area contributed by atoms with Crippen LogP contribution in [0.1, 0.15) is 12.5 Å². The Morgan fingerprint density at radius 1 is 1.56 bits per heavy atom. The minimum Gasteiger partial charge on any atom is -0.396 e. The van der Waals surface area contributed by atoms with Crippen molar-refractivity contribution in [2.75, 3.05) is 18.5 Å². The van der Waals surface area contributed by atoms with E-state index in [-0.39, 0.29) is 23.1 Å². The second kappa shape index (κ2) is 5.46. The van der Waals surface area contributed by atoms with E-state index in [2.05, 4.69) is 5.32 Å². The Labute approximate surface area is 94.3 Å². The molecule has 0 fully saturated rings. The van der Waals surface area contributed by atoms with Crippen LogP contribution in [0, 0.1) is 23.0 Å². The molecular weight excluding hydrogens is 208 g/mol. The maximum atomic E-state index is 10.9. The standard InChI is InChI=1S/C11H16N2O3/c1-8(7-14)6-12-10-5-3-4-9(2)11(10)13(15)16/h3-5,8,12,14H,6-7H2,1-2H3. The van der Waals surface area contributed by atoms with Gasteiger partial charge >= 0.3 is 0 Å². The van der Waals surface area contributed by atoms with Crippen molar-refractivity contribution >= 4 is 11.4 Å². The van der Waals surface area contributed by atoms with Gasteiger partial charge in [0.05, 0.1) is 4.92 Å². The predicted molar refractivity (Wildman–Crippen MR) is 62.6 cm³/mol. The zero-order valence-electron chi connectivity index (χ0n) is 9.43. The van der Waals surface area contributed by atoms with Crippen LogP contribution in [0.5, 0.6) is 0 Å². The summed E-state index contributed by atoms with van der Waals surface area (Å²) in [5.41, 5.74) is 1.24. The lowest BCUT2D eigenvalue weighted by Gasteiger charge is -2.11. The van der Waals surface area contributed by atoms with E-state index in [1.165, 1.54) is 0 Å². The maximum absolute atomic E-state index is 10.9. The molecule has 0 aliphatic rings. The van der Waals surface area contributed by atoms with Crippen molar-refractivity contribution in [3.05, 3.63) is 33.9 Å². The first-order valence-electron chi connectivity index (χ1n) is 5.15. The zero-order valence-corrected chi connectivity index (χ0v) is 9.43. The van der Waals surface area contributed by atoms with Crippen LogP contribution in [-0.4, -0.2) is 23.2 Å². The Morgan fingerprint density at radius 2 is 2.25 bits per heavy atom. The lowest BCUT2D eigenvalue weighted by atomic mass is 10.1. The van der Waals surface area contributed by atoms with Gasteiger partial charge < -0.3 is 10.4 Å². The van der Waals surface area contributed by atoms with E-state index in [0.717, 1.165) is 0 Å². The largest absolute Gasteiger partial charge is 0.396 e. The number of rotatable bonds is 5. The zero-order chi connectivity index (χ0) is 12.1. The van der Waals surface area contributed by atoms with Gasteiger partial charge in [-0.1, -0.05) is 19.1 Å². The van der Waals surface area contributed by atoms with Crippen LogP contribution in [0.2, 0.25) is 0 Å². The minimum atomic E-state index is -0.388. The number of aliphatic hydroxyl groups excluding tert-OH is 1. The molecule has 0 heterocycles. The number of hydrogen-bond acceptors (Lipinski definition) is 4. The molecule has 2 N–H and O–H groups in total. The molecule has 1 aromatic rings. The molecule has 1 atom stereocenters. The molecule has 16 heavy (non-hydrogen) atoms. The molecule has 0 saturated heterocycles. The number of para-hydroxylation sites is 1. The Hall–Kier alpha value is -1.62. The molecule has 1 rings (SSSR count). The Bertz CT molecular complexity index is 379. The second-order valence-electron chi connectivity index (χ2n) is 3.90. The molecule has 0 saturated carbocycles. The van der Waals surface area contributed by atoms with E-state index >= 15 is 0 Å². The van der Waals surface area contributed by atoms with E-state index in [0.29, 0.717) is 17.8 Å². The highest BCUT2D eigenvalue weighted by Gasteiger charge is 2.16. The molecule has 5 nitrogen and oxygen atoms in total. The topological polar surface area (TPSA) is 75.4 Å². The summed E-state index contributed by atoms with van der Waals surface area (Å²) >= 11 is 0. The summed E-state index contributed by atoms with van der Waals surface area (Å²) in [6, 6.07) is 5.16. The van der Waals surface area contributed by atoms with Crippen molar-refractivity contribution in [3.8, 4) is 0 Å². The average molecular weight is 224 g/mol. The fourth-order valence-electron chi connectivity index (χ4n) is 1.39. The molecule has 0 bridgehead atoms. The molecule has 1 aromatic carbocycles. The SMILES string of the molecule is Cc1cccc(NCC(C)CO)c1[N+](=O)[O-]. The van der Waals surface area contributed by atoms with Crippen molar-refractivity contribution in [1.29, 1.82) is 0 Å². The fraction of sp³-hybridized carbons (Fsp3) is 0.455. The monoisotopic (exact) mass is 224 g/mol. The van der Waals surface area contributed by atoms with Crippen LogP contribution < -0.4 is 5.32 Å². The Morgan fingerprint density at radius 3 is 2.81 bits per heavy atom. The van der Waals surface area contributed by atoms with Gasteiger partial charge in [-0.3, -0.25) is 10.1 Å². The number of nitrogens with zero attached hydrogens (tertiary/aromatic N) is 1. The lowest BCUT2D eigenvalue weighted by Crippen LogP contribution is -2.15. The van der Waals surface area contributed by atoms with Gasteiger partial charge in [0.1, 0.15) is 5.69 Å². The summed E-state index contributed by atoms with van der Waals surface area (Å²) < 4.78 is 0. The van der Waals surface area contributed by atoms with Gasteiger partial charge in [-0.05, 0) is 18.9 Å². The highest BCUT2D eigenvalue weighted by molar-refractivity contribution is 5.64. The van der Waals surface area contributed by atoms with E-state index in [9.17, 15) is 10.1 Å². The van der Waals surface area contributed by atoms with Crippen LogP contribution in [-0.2, 0) is 0 Å². The number of aliphatic hydroxyl groups is 1. The maximum Gasteiger partial charge on any atom is 0.295 e.